The van der Waals surface area contributed by atoms with Gasteiger partial charge < -0.3 is 18.9 Å². The van der Waals surface area contributed by atoms with Crippen molar-refractivity contribution in [1.82, 2.24) is 0 Å². The van der Waals surface area contributed by atoms with Crippen LogP contribution >= 0.6 is 0 Å². The molecule has 6 nitrogen and oxygen atoms in total. The molecule has 6 rings (SSSR count). The van der Waals surface area contributed by atoms with Gasteiger partial charge >= 0.3 is 0 Å². The van der Waals surface area contributed by atoms with Gasteiger partial charge in [-0.25, -0.2) is 0 Å². The molecular formula is C31H23NO5. The molecule has 0 saturated heterocycles. The van der Waals surface area contributed by atoms with Crippen LogP contribution in [0.1, 0.15) is 28.6 Å². The summed E-state index contributed by atoms with van der Waals surface area (Å²) >= 11 is 0. The van der Waals surface area contributed by atoms with Gasteiger partial charge in [0.2, 0.25) is 11.7 Å². The van der Waals surface area contributed by atoms with Crippen molar-refractivity contribution >= 4 is 50.1 Å². The van der Waals surface area contributed by atoms with Crippen molar-refractivity contribution < 1.29 is 23.2 Å². The lowest BCUT2D eigenvalue weighted by Crippen LogP contribution is -2.16. The molecule has 0 bridgehead atoms. The van der Waals surface area contributed by atoms with Gasteiger partial charge in [-0.1, -0.05) is 42.5 Å². The number of carbonyl (C=O) groups is 2. The molecule has 1 N–H and O–H groups in total. The van der Waals surface area contributed by atoms with Crippen molar-refractivity contribution in [2.75, 3.05) is 11.9 Å². The van der Waals surface area contributed by atoms with Gasteiger partial charge in [-0.05, 0) is 60.2 Å². The van der Waals surface area contributed by atoms with Crippen LogP contribution in [-0.2, 0) is 11.2 Å². The van der Waals surface area contributed by atoms with Crippen LogP contribution in [0.5, 0.6) is 5.75 Å². The summed E-state index contributed by atoms with van der Waals surface area (Å²) < 4.78 is 17.2. The maximum atomic E-state index is 13.4. The lowest BCUT2D eigenvalue weighted by atomic mass is 10.0. The van der Waals surface area contributed by atoms with Gasteiger partial charge in [0.05, 0.1) is 25.0 Å². The largest absolute Gasteiger partial charge is 0.494 e. The summed E-state index contributed by atoms with van der Waals surface area (Å²) in [5.41, 5.74) is 2.81. The third-order valence-corrected chi connectivity index (χ3v) is 6.38. The Bertz CT molecular complexity index is 1780. The summed E-state index contributed by atoms with van der Waals surface area (Å²) in [4.78, 5) is 26.7. The second-order valence-electron chi connectivity index (χ2n) is 8.73. The first kappa shape index (κ1) is 22.6. The predicted octanol–water partition coefficient (Wildman–Crippen LogP) is 7.14. The third-order valence-electron chi connectivity index (χ3n) is 6.38. The number of ether oxygens (including phenoxy) is 1. The van der Waals surface area contributed by atoms with E-state index in [2.05, 4.69) is 5.32 Å². The van der Waals surface area contributed by atoms with Crippen LogP contribution in [0.25, 0.3) is 32.7 Å². The average molecular weight is 490 g/mol. The number of amides is 1. The van der Waals surface area contributed by atoms with E-state index in [-0.39, 0.29) is 23.9 Å². The molecule has 0 spiro atoms. The molecule has 0 saturated carbocycles. The molecule has 0 unspecified atom stereocenters. The quantitative estimate of drug-likeness (QED) is 0.241. The molecule has 0 aliphatic heterocycles. The van der Waals surface area contributed by atoms with Crippen molar-refractivity contribution in [3.63, 3.8) is 0 Å². The van der Waals surface area contributed by atoms with Gasteiger partial charge in [0.25, 0.3) is 0 Å². The molecule has 6 aromatic rings. The summed E-state index contributed by atoms with van der Waals surface area (Å²) in [5.74, 6) is 0.162. The Hall–Kier alpha value is -4.84. The highest BCUT2D eigenvalue weighted by Gasteiger charge is 2.24. The van der Waals surface area contributed by atoms with E-state index >= 15 is 0 Å². The lowest BCUT2D eigenvalue weighted by Gasteiger charge is -2.07. The van der Waals surface area contributed by atoms with Crippen LogP contribution in [0.2, 0.25) is 0 Å². The monoisotopic (exact) mass is 489 g/mol. The summed E-state index contributed by atoms with van der Waals surface area (Å²) in [6, 6.07) is 26.0. The van der Waals surface area contributed by atoms with E-state index < -0.39 is 0 Å². The Kier molecular flexibility index (Phi) is 5.69. The van der Waals surface area contributed by atoms with Crippen LogP contribution < -0.4 is 10.1 Å². The first-order valence-corrected chi connectivity index (χ1v) is 12.1. The number of hydrogen-bond acceptors (Lipinski definition) is 5. The molecule has 182 valence electrons. The van der Waals surface area contributed by atoms with E-state index in [1.807, 2.05) is 61.5 Å². The van der Waals surface area contributed by atoms with E-state index in [9.17, 15) is 9.59 Å². The summed E-state index contributed by atoms with van der Waals surface area (Å²) in [6.07, 6.45) is 1.70. The molecule has 0 atom stereocenters. The summed E-state index contributed by atoms with van der Waals surface area (Å²) in [7, 11) is 0. The number of fused-ring (bicyclic) bond motifs is 4. The highest BCUT2D eigenvalue weighted by molar-refractivity contribution is 6.17. The van der Waals surface area contributed by atoms with Crippen LogP contribution in [-0.4, -0.2) is 18.3 Å². The normalized spacial score (nSPS) is 11.3. The molecule has 1 amide bonds. The third kappa shape index (κ3) is 4.12. The molecule has 0 aliphatic carbocycles. The van der Waals surface area contributed by atoms with Crippen LogP contribution in [0, 0.1) is 0 Å². The van der Waals surface area contributed by atoms with E-state index in [0.29, 0.717) is 34.6 Å². The van der Waals surface area contributed by atoms with Gasteiger partial charge in [-0.3, -0.25) is 9.59 Å². The Morgan fingerprint density at radius 2 is 1.59 bits per heavy atom. The fraction of sp³-hybridized carbons (Fsp3) is 0.0968. The number of nitrogens with one attached hydrogen (secondary N) is 1. The minimum Gasteiger partial charge on any atom is -0.494 e. The standard InChI is InChI=1S/C31H23NO5/c1-2-35-22-14-11-20(12-15-22)30(34)31-29(24-9-5-6-10-25(24)37-31)32-27(33)17-21-18-36-26-16-13-19-7-3-4-8-23(19)28(21)26/h3-16,18H,2,17H2,1H3,(H,32,33). The Morgan fingerprint density at radius 3 is 2.41 bits per heavy atom. The van der Waals surface area contributed by atoms with Crippen LogP contribution in [0.3, 0.4) is 0 Å². The zero-order chi connectivity index (χ0) is 25.4. The zero-order valence-corrected chi connectivity index (χ0v) is 20.1. The van der Waals surface area contributed by atoms with E-state index in [1.165, 1.54) is 0 Å². The zero-order valence-electron chi connectivity index (χ0n) is 20.1. The molecule has 2 heterocycles. The van der Waals surface area contributed by atoms with Crippen molar-refractivity contribution in [2.45, 2.75) is 13.3 Å². The molecule has 0 fully saturated rings. The highest BCUT2D eigenvalue weighted by Crippen LogP contribution is 2.34. The second-order valence-corrected chi connectivity index (χ2v) is 8.73. The molecular weight excluding hydrogens is 466 g/mol. The maximum Gasteiger partial charge on any atom is 0.230 e. The van der Waals surface area contributed by atoms with Crippen LogP contribution in [0.15, 0.2) is 100 Å². The number of anilines is 1. The van der Waals surface area contributed by atoms with Gasteiger partial charge in [0, 0.05) is 21.9 Å². The number of furan rings is 2. The van der Waals surface area contributed by atoms with Crippen molar-refractivity contribution in [3.8, 4) is 5.75 Å². The van der Waals surface area contributed by atoms with Gasteiger partial charge in [-0.15, -0.1) is 0 Å². The Morgan fingerprint density at radius 1 is 0.838 bits per heavy atom. The van der Waals surface area contributed by atoms with Crippen LogP contribution in [0.4, 0.5) is 5.69 Å². The molecule has 2 aromatic heterocycles. The highest BCUT2D eigenvalue weighted by atomic mass is 16.5. The van der Waals surface area contributed by atoms with Crippen molar-refractivity contribution in [1.29, 1.82) is 0 Å². The second kappa shape index (κ2) is 9.32. The SMILES string of the molecule is CCOc1ccc(C(=O)c2oc3ccccc3c2NC(=O)Cc2coc3ccc4ccccc4c23)cc1. The average Bonchev–Trinajstić information content (AvgIpc) is 3.50. The first-order chi connectivity index (χ1) is 18.1. The number of hydrogen-bond donors (Lipinski definition) is 1. The minimum atomic E-state index is -0.325. The Labute approximate surface area is 212 Å². The summed E-state index contributed by atoms with van der Waals surface area (Å²) in [6.45, 7) is 2.44. The van der Waals surface area contributed by atoms with Gasteiger partial charge in [0.15, 0.2) is 5.76 Å². The van der Waals surface area contributed by atoms with Gasteiger partial charge in [-0.2, -0.15) is 0 Å². The number of ketones is 1. The van der Waals surface area contributed by atoms with Gasteiger partial charge in [0.1, 0.15) is 16.9 Å². The van der Waals surface area contributed by atoms with Crippen molar-refractivity contribution in [2.24, 2.45) is 0 Å². The number of carbonyl (C=O) groups excluding carboxylic acids is 2. The molecule has 37 heavy (non-hydrogen) atoms. The number of rotatable bonds is 7. The minimum absolute atomic E-state index is 0.0806. The summed E-state index contributed by atoms with van der Waals surface area (Å²) in [5, 5.41) is 6.62. The van der Waals surface area contributed by atoms with E-state index in [1.54, 1.807) is 36.6 Å². The molecule has 0 aliphatic rings. The predicted molar refractivity (Wildman–Crippen MR) is 143 cm³/mol. The number of benzene rings is 4. The fourth-order valence-corrected chi connectivity index (χ4v) is 4.69. The fourth-order valence-electron chi connectivity index (χ4n) is 4.69. The lowest BCUT2D eigenvalue weighted by molar-refractivity contribution is -0.115. The maximum absolute atomic E-state index is 13.4. The topological polar surface area (TPSA) is 81.7 Å². The smallest absolute Gasteiger partial charge is 0.230 e. The molecule has 4 aromatic carbocycles. The van der Waals surface area contributed by atoms with E-state index in [4.69, 9.17) is 13.6 Å². The molecule has 6 heteroatoms. The number of para-hydroxylation sites is 1. The first-order valence-electron chi connectivity index (χ1n) is 12.1. The Balaban J connectivity index is 1.34. The van der Waals surface area contributed by atoms with E-state index in [0.717, 1.165) is 27.3 Å². The van der Waals surface area contributed by atoms with Crippen molar-refractivity contribution in [3.05, 3.63) is 108 Å². The molecule has 0 radical (unpaired) electrons.